The first-order chi connectivity index (χ1) is 8.37. The zero-order chi connectivity index (χ0) is 13.6. The Hall–Kier alpha value is -0.470. The van der Waals surface area contributed by atoms with Crippen molar-refractivity contribution in [1.29, 1.82) is 0 Å². The highest BCUT2D eigenvalue weighted by molar-refractivity contribution is 7.89. The Kier molecular flexibility index (Phi) is 5.74. The fraction of sp³-hybridized carbons (Fsp3) is 0.636. The van der Waals surface area contributed by atoms with E-state index in [1.165, 1.54) is 18.4 Å². The summed E-state index contributed by atoms with van der Waals surface area (Å²) in [7, 11) is -1.83. The fourth-order valence-corrected chi connectivity index (χ4v) is 3.32. The lowest BCUT2D eigenvalue weighted by Gasteiger charge is -2.22. The Labute approximate surface area is 112 Å². The third kappa shape index (κ3) is 5.03. The van der Waals surface area contributed by atoms with Crippen molar-refractivity contribution < 1.29 is 18.3 Å². The van der Waals surface area contributed by atoms with E-state index in [4.69, 9.17) is 4.74 Å². The van der Waals surface area contributed by atoms with Gasteiger partial charge in [0.2, 0.25) is 10.0 Å². The van der Waals surface area contributed by atoms with Crippen molar-refractivity contribution in [1.82, 2.24) is 4.72 Å². The average molecular weight is 293 g/mol. The molecule has 7 heteroatoms. The number of rotatable bonds is 8. The number of nitrogens with one attached hydrogen (secondary N) is 1. The van der Waals surface area contributed by atoms with Gasteiger partial charge in [0.15, 0.2) is 0 Å². The number of hydrogen-bond acceptors (Lipinski definition) is 5. The smallest absolute Gasteiger partial charge is 0.211 e. The monoisotopic (exact) mass is 293 g/mol. The van der Waals surface area contributed by atoms with Gasteiger partial charge in [0.1, 0.15) is 5.60 Å². The minimum atomic E-state index is -3.36. The summed E-state index contributed by atoms with van der Waals surface area (Å²) in [5.74, 6) is 0.00135. The SMILES string of the molecule is COCCCS(=O)(=O)NC[C@@](C)(O)c1cccs1. The third-order valence-corrected chi connectivity index (χ3v) is 4.98. The van der Waals surface area contributed by atoms with Gasteiger partial charge >= 0.3 is 0 Å². The van der Waals surface area contributed by atoms with Crippen LogP contribution in [0.15, 0.2) is 17.5 Å². The molecule has 0 unspecified atom stereocenters. The Bertz CT molecular complexity index is 440. The molecule has 104 valence electrons. The molecule has 0 spiro atoms. The van der Waals surface area contributed by atoms with Crippen LogP contribution in [0.25, 0.3) is 0 Å². The third-order valence-electron chi connectivity index (χ3n) is 2.45. The summed E-state index contributed by atoms with van der Waals surface area (Å²) in [5, 5.41) is 12.0. The Balaban J connectivity index is 2.49. The van der Waals surface area contributed by atoms with Crippen molar-refractivity contribution in [3.8, 4) is 0 Å². The van der Waals surface area contributed by atoms with Crippen LogP contribution in [-0.2, 0) is 20.4 Å². The van der Waals surface area contributed by atoms with Crippen molar-refractivity contribution >= 4 is 21.4 Å². The van der Waals surface area contributed by atoms with Crippen molar-refractivity contribution in [2.75, 3.05) is 26.0 Å². The van der Waals surface area contributed by atoms with Crippen molar-refractivity contribution in [2.24, 2.45) is 0 Å². The van der Waals surface area contributed by atoms with Crippen LogP contribution in [0.5, 0.6) is 0 Å². The molecule has 5 nitrogen and oxygen atoms in total. The molecule has 0 aliphatic rings. The predicted molar refractivity (Wildman–Crippen MR) is 72.2 cm³/mol. The summed E-state index contributed by atoms with van der Waals surface area (Å²) in [6.07, 6.45) is 0.437. The molecular formula is C11H19NO4S2. The quantitative estimate of drug-likeness (QED) is 0.699. The Morgan fingerprint density at radius 2 is 2.28 bits per heavy atom. The molecule has 1 aromatic rings. The van der Waals surface area contributed by atoms with E-state index in [0.717, 1.165) is 4.88 Å². The molecule has 2 N–H and O–H groups in total. The highest BCUT2D eigenvalue weighted by Gasteiger charge is 2.26. The van der Waals surface area contributed by atoms with Crippen LogP contribution in [-0.4, -0.2) is 39.5 Å². The minimum Gasteiger partial charge on any atom is -0.385 e. The maximum Gasteiger partial charge on any atom is 0.211 e. The zero-order valence-corrected chi connectivity index (χ0v) is 12.2. The molecule has 1 aromatic heterocycles. The Morgan fingerprint density at radius 3 is 2.83 bits per heavy atom. The van der Waals surface area contributed by atoms with Gasteiger partial charge in [-0.25, -0.2) is 13.1 Å². The molecule has 0 aromatic carbocycles. The van der Waals surface area contributed by atoms with E-state index in [9.17, 15) is 13.5 Å². The zero-order valence-electron chi connectivity index (χ0n) is 10.5. The van der Waals surface area contributed by atoms with Crippen LogP contribution in [0, 0.1) is 0 Å². The first-order valence-corrected chi connectivity index (χ1v) is 8.13. The van der Waals surface area contributed by atoms with Gasteiger partial charge in [-0.2, -0.15) is 0 Å². The van der Waals surface area contributed by atoms with E-state index in [1.54, 1.807) is 13.0 Å². The lowest BCUT2D eigenvalue weighted by atomic mass is 10.1. The van der Waals surface area contributed by atoms with E-state index < -0.39 is 15.6 Å². The number of aliphatic hydroxyl groups is 1. The summed E-state index contributed by atoms with van der Waals surface area (Å²) in [6.45, 7) is 1.97. The minimum absolute atomic E-state index is 0.00135. The van der Waals surface area contributed by atoms with Crippen LogP contribution < -0.4 is 4.72 Å². The first kappa shape index (κ1) is 15.6. The fourth-order valence-electron chi connectivity index (χ4n) is 1.39. The summed E-state index contributed by atoms with van der Waals surface area (Å²) >= 11 is 1.40. The second kappa shape index (κ2) is 6.63. The van der Waals surface area contributed by atoms with E-state index in [-0.39, 0.29) is 12.3 Å². The average Bonchev–Trinajstić information content (AvgIpc) is 2.81. The second-order valence-corrected chi connectivity index (χ2v) is 7.11. The van der Waals surface area contributed by atoms with E-state index in [0.29, 0.717) is 13.0 Å². The second-order valence-electron chi connectivity index (χ2n) is 4.24. The molecule has 0 radical (unpaired) electrons. The molecule has 1 atom stereocenters. The molecule has 0 saturated carbocycles. The van der Waals surface area contributed by atoms with E-state index in [2.05, 4.69) is 4.72 Å². The predicted octanol–water partition coefficient (Wildman–Crippen LogP) is 0.912. The van der Waals surface area contributed by atoms with Gasteiger partial charge < -0.3 is 9.84 Å². The number of thiophene rings is 1. The molecule has 18 heavy (non-hydrogen) atoms. The van der Waals surface area contributed by atoms with E-state index >= 15 is 0 Å². The summed E-state index contributed by atoms with van der Waals surface area (Å²) < 4.78 is 30.5. The largest absolute Gasteiger partial charge is 0.385 e. The maximum atomic E-state index is 11.6. The van der Waals surface area contributed by atoms with Crippen LogP contribution >= 0.6 is 11.3 Å². The normalized spacial score (nSPS) is 15.5. The lowest BCUT2D eigenvalue weighted by Crippen LogP contribution is -2.39. The highest BCUT2D eigenvalue weighted by atomic mass is 32.2. The molecule has 0 bridgehead atoms. The molecule has 0 aliphatic heterocycles. The Morgan fingerprint density at radius 1 is 1.56 bits per heavy atom. The topological polar surface area (TPSA) is 75.6 Å². The highest BCUT2D eigenvalue weighted by Crippen LogP contribution is 2.24. The molecule has 0 saturated heterocycles. The van der Waals surface area contributed by atoms with Crippen LogP contribution in [0.2, 0.25) is 0 Å². The summed E-state index contributed by atoms with van der Waals surface area (Å²) in [5.41, 5.74) is -1.18. The molecule has 0 aliphatic carbocycles. The van der Waals surface area contributed by atoms with E-state index in [1.807, 2.05) is 11.4 Å². The van der Waals surface area contributed by atoms with Gasteiger partial charge in [-0.15, -0.1) is 11.3 Å². The summed E-state index contributed by atoms with van der Waals surface area (Å²) in [4.78, 5) is 0.738. The van der Waals surface area contributed by atoms with Gasteiger partial charge in [0.25, 0.3) is 0 Å². The van der Waals surface area contributed by atoms with Gasteiger partial charge in [-0.05, 0) is 24.8 Å². The number of hydrogen-bond donors (Lipinski definition) is 2. The van der Waals surface area contributed by atoms with Gasteiger partial charge in [-0.3, -0.25) is 0 Å². The lowest BCUT2D eigenvalue weighted by molar-refractivity contribution is 0.0666. The van der Waals surface area contributed by atoms with Crippen molar-refractivity contribution in [3.63, 3.8) is 0 Å². The van der Waals surface area contributed by atoms with Crippen LogP contribution in [0.1, 0.15) is 18.2 Å². The number of sulfonamides is 1. The van der Waals surface area contributed by atoms with Gasteiger partial charge in [0, 0.05) is 25.1 Å². The van der Waals surface area contributed by atoms with Crippen molar-refractivity contribution in [2.45, 2.75) is 18.9 Å². The number of methoxy groups -OCH3 is 1. The van der Waals surface area contributed by atoms with Crippen molar-refractivity contribution in [3.05, 3.63) is 22.4 Å². The van der Waals surface area contributed by atoms with Crippen LogP contribution in [0.3, 0.4) is 0 Å². The number of ether oxygens (including phenoxy) is 1. The molecule has 0 amide bonds. The molecule has 0 fully saturated rings. The first-order valence-electron chi connectivity index (χ1n) is 5.60. The molecule has 1 heterocycles. The standard InChI is InChI=1S/C11H19NO4S2/c1-11(13,10-5-3-7-17-10)9-12-18(14,15)8-4-6-16-2/h3,5,7,12-13H,4,6,8-9H2,1-2H3/t11-/m1/s1. The summed E-state index contributed by atoms with van der Waals surface area (Å²) in [6, 6.07) is 3.60. The molecular weight excluding hydrogens is 274 g/mol. The molecule has 1 rings (SSSR count). The van der Waals surface area contributed by atoms with Gasteiger partial charge in [0.05, 0.1) is 5.75 Å². The van der Waals surface area contributed by atoms with Gasteiger partial charge in [-0.1, -0.05) is 6.07 Å². The maximum absolute atomic E-state index is 11.6. The van der Waals surface area contributed by atoms with Crippen LogP contribution in [0.4, 0.5) is 0 Å².